The summed E-state index contributed by atoms with van der Waals surface area (Å²) in [6.45, 7) is 0.162. The Bertz CT molecular complexity index is 954. The molecule has 9 heteroatoms. The molecule has 0 spiro atoms. The van der Waals surface area contributed by atoms with Gasteiger partial charge >= 0.3 is 11.9 Å². The van der Waals surface area contributed by atoms with Gasteiger partial charge in [-0.25, -0.2) is 0 Å². The maximum atomic E-state index is 14.4. The standard InChI is InChI=1S/C23H26N4O5/c1-26-13-22(20(29)31-3)17(15-9-5-7-11-24-15)27(2)18(16-10-6-8-12-25-16)23(14-26,19(22)28)21(30)32-4/h5-12,17-18H,13-14H2,1-4H3/t17-,18+,22+,23-. The summed E-state index contributed by atoms with van der Waals surface area (Å²) < 4.78 is 10.4. The van der Waals surface area contributed by atoms with Crippen LogP contribution in [-0.2, 0) is 23.9 Å². The average Bonchev–Trinajstić information content (AvgIpc) is 2.81. The molecular formula is C23H26N4O5. The molecule has 2 saturated heterocycles. The molecule has 9 nitrogen and oxygen atoms in total. The first kappa shape index (κ1) is 22.0. The number of ketones is 1. The summed E-state index contributed by atoms with van der Waals surface area (Å²) in [6, 6.07) is 9.11. The summed E-state index contributed by atoms with van der Waals surface area (Å²) >= 11 is 0. The van der Waals surface area contributed by atoms with E-state index in [4.69, 9.17) is 9.47 Å². The van der Waals surface area contributed by atoms with Crippen LogP contribution in [0.4, 0.5) is 0 Å². The Balaban J connectivity index is 2.07. The number of carbonyl (C=O) groups is 3. The van der Waals surface area contributed by atoms with E-state index in [-0.39, 0.29) is 13.1 Å². The molecule has 0 unspecified atom stereocenters. The van der Waals surface area contributed by atoms with Gasteiger partial charge in [0.15, 0.2) is 16.6 Å². The zero-order valence-corrected chi connectivity index (χ0v) is 18.5. The Morgan fingerprint density at radius 1 is 0.875 bits per heavy atom. The predicted octanol–water partition coefficient (Wildman–Crippen LogP) is 1.04. The molecule has 2 aromatic heterocycles. The van der Waals surface area contributed by atoms with Gasteiger partial charge in [-0.2, -0.15) is 0 Å². The highest BCUT2D eigenvalue weighted by molar-refractivity contribution is 6.17. The second kappa shape index (κ2) is 8.07. The van der Waals surface area contributed by atoms with E-state index < -0.39 is 40.6 Å². The molecule has 0 amide bonds. The van der Waals surface area contributed by atoms with Gasteiger partial charge < -0.3 is 14.4 Å². The molecule has 2 aliphatic heterocycles. The first-order valence-electron chi connectivity index (χ1n) is 10.3. The Hall–Kier alpha value is -3.17. The van der Waals surface area contributed by atoms with Gasteiger partial charge in [0, 0.05) is 25.5 Å². The number of likely N-dealkylation sites (tertiary alicyclic amines) is 2. The number of hydrogen-bond acceptors (Lipinski definition) is 9. The summed E-state index contributed by atoms with van der Waals surface area (Å²) in [5.74, 6) is -1.93. The molecule has 32 heavy (non-hydrogen) atoms. The molecule has 4 atom stereocenters. The number of piperidine rings is 2. The minimum Gasteiger partial charge on any atom is -0.468 e. The van der Waals surface area contributed by atoms with Gasteiger partial charge in [0.2, 0.25) is 0 Å². The van der Waals surface area contributed by atoms with Crippen molar-refractivity contribution in [3.8, 4) is 0 Å². The zero-order valence-electron chi connectivity index (χ0n) is 18.5. The Morgan fingerprint density at radius 3 is 1.66 bits per heavy atom. The van der Waals surface area contributed by atoms with Crippen molar-refractivity contribution in [2.75, 3.05) is 41.4 Å². The third-order valence-corrected chi connectivity index (χ3v) is 6.63. The van der Waals surface area contributed by atoms with Gasteiger partial charge in [-0.3, -0.25) is 29.3 Å². The van der Waals surface area contributed by atoms with Gasteiger partial charge in [-0.1, -0.05) is 12.1 Å². The van der Waals surface area contributed by atoms with Crippen LogP contribution in [0.15, 0.2) is 48.8 Å². The summed E-state index contributed by atoms with van der Waals surface area (Å²) in [6.07, 6.45) is 3.23. The van der Waals surface area contributed by atoms with E-state index >= 15 is 0 Å². The maximum Gasteiger partial charge on any atom is 0.322 e. The average molecular weight is 438 g/mol. The van der Waals surface area contributed by atoms with Crippen LogP contribution >= 0.6 is 0 Å². The molecule has 2 fully saturated rings. The molecular weight excluding hydrogens is 412 g/mol. The van der Waals surface area contributed by atoms with E-state index in [0.717, 1.165) is 0 Å². The van der Waals surface area contributed by atoms with Crippen LogP contribution in [0.3, 0.4) is 0 Å². The Morgan fingerprint density at radius 2 is 1.31 bits per heavy atom. The van der Waals surface area contributed by atoms with Crippen molar-refractivity contribution in [3.05, 3.63) is 60.2 Å². The van der Waals surface area contributed by atoms with E-state index in [1.807, 2.05) is 9.80 Å². The largest absolute Gasteiger partial charge is 0.468 e. The van der Waals surface area contributed by atoms with Gasteiger partial charge in [0.05, 0.1) is 37.7 Å². The number of hydrogen-bond donors (Lipinski definition) is 0. The van der Waals surface area contributed by atoms with Gasteiger partial charge in [-0.15, -0.1) is 0 Å². The smallest absolute Gasteiger partial charge is 0.322 e. The molecule has 2 aromatic rings. The van der Waals surface area contributed by atoms with Gasteiger partial charge in [0.25, 0.3) is 0 Å². The van der Waals surface area contributed by atoms with Crippen molar-refractivity contribution < 1.29 is 23.9 Å². The fourth-order valence-electron chi connectivity index (χ4n) is 5.61. The summed E-state index contributed by atoms with van der Waals surface area (Å²) in [7, 11) is 6.06. The first-order chi connectivity index (χ1) is 15.3. The van der Waals surface area contributed by atoms with E-state index in [1.165, 1.54) is 14.2 Å². The number of ether oxygens (including phenoxy) is 2. The summed E-state index contributed by atoms with van der Waals surface area (Å²) in [5, 5.41) is 0. The van der Waals surface area contributed by atoms with Crippen LogP contribution in [0.2, 0.25) is 0 Å². The van der Waals surface area contributed by atoms with E-state index in [0.29, 0.717) is 11.4 Å². The van der Waals surface area contributed by atoms with Gasteiger partial charge in [0.1, 0.15) is 0 Å². The number of rotatable bonds is 4. The second-order valence-corrected chi connectivity index (χ2v) is 8.41. The fraction of sp³-hybridized carbons (Fsp3) is 0.435. The second-order valence-electron chi connectivity index (χ2n) is 8.41. The third-order valence-electron chi connectivity index (χ3n) is 6.63. The molecule has 0 aromatic carbocycles. The lowest BCUT2D eigenvalue weighted by atomic mass is 9.54. The normalized spacial score (nSPS) is 30.6. The number of pyridine rings is 2. The van der Waals surface area contributed by atoms with Gasteiger partial charge in [-0.05, 0) is 38.4 Å². The molecule has 0 saturated carbocycles. The van der Waals surface area contributed by atoms with Crippen LogP contribution in [-0.4, -0.2) is 78.9 Å². The van der Waals surface area contributed by atoms with Crippen LogP contribution < -0.4 is 0 Å². The number of fused-ring (bicyclic) bond motifs is 2. The molecule has 0 N–H and O–H groups in total. The molecule has 0 radical (unpaired) electrons. The number of nitrogens with zero attached hydrogens (tertiary/aromatic N) is 4. The highest BCUT2D eigenvalue weighted by Gasteiger charge is 2.75. The zero-order chi connectivity index (χ0) is 23.1. The quantitative estimate of drug-likeness (QED) is 0.512. The monoisotopic (exact) mass is 438 g/mol. The van der Waals surface area contributed by atoms with E-state index in [9.17, 15) is 14.4 Å². The molecule has 168 valence electrons. The Kier molecular flexibility index (Phi) is 5.56. The minimum atomic E-state index is -1.68. The molecule has 0 aliphatic carbocycles. The molecule has 2 bridgehead atoms. The number of Topliss-reactive ketones (excluding diaryl/α,β-unsaturated/α-hetero) is 1. The number of aromatic nitrogens is 2. The van der Waals surface area contributed by atoms with Crippen molar-refractivity contribution in [3.63, 3.8) is 0 Å². The number of esters is 2. The van der Waals surface area contributed by atoms with Crippen molar-refractivity contribution in [2.45, 2.75) is 12.1 Å². The van der Waals surface area contributed by atoms with Crippen molar-refractivity contribution >= 4 is 17.7 Å². The maximum absolute atomic E-state index is 14.4. The van der Waals surface area contributed by atoms with Crippen LogP contribution in [0.1, 0.15) is 23.5 Å². The Labute approximate surface area is 186 Å². The SMILES string of the molecule is COC(=O)[C@@]12CN(C)C[C@@](C(=O)OC)(C1=O)[C@@H](c1ccccn1)N(C)[C@H]2c1ccccn1. The topological polar surface area (TPSA) is 102 Å². The summed E-state index contributed by atoms with van der Waals surface area (Å²) in [5.41, 5.74) is -2.29. The molecule has 4 rings (SSSR count). The lowest BCUT2D eigenvalue weighted by Gasteiger charge is -2.60. The highest BCUT2D eigenvalue weighted by atomic mass is 16.5. The highest BCUT2D eigenvalue weighted by Crippen LogP contribution is 2.59. The molecule has 4 heterocycles. The summed E-state index contributed by atoms with van der Waals surface area (Å²) in [4.78, 5) is 53.8. The lowest BCUT2D eigenvalue weighted by molar-refractivity contribution is -0.202. The predicted molar refractivity (Wildman–Crippen MR) is 113 cm³/mol. The first-order valence-corrected chi connectivity index (χ1v) is 10.3. The lowest BCUT2D eigenvalue weighted by Crippen LogP contribution is -2.75. The minimum absolute atomic E-state index is 0.0811. The van der Waals surface area contributed by atoms with Crippen LogP contribution in [0.5, 0.6) is 0 Å². The van der Waals surface area contributed by atoms with Crippen molar-refractivity contribution in [1.29, 1.82) is 0 Å². The molecule has 2 aliphatic rings. The fourth-order valence-corrected chi connectivity index (χ4v) is 5.61. The van der Waals surface area contributed by atoms with Crippen LogP contribution in [0, 0.1) is 10.8 Å². The van der Waals surface area contributed by atoms with E-state index in [1.54, 1.807) is 62.9 Å². The van der Waals surface area contributed by atoms with E-state index in [2.05, 4.69) is 9.97 Å². The van der Waals surface area contributed by atoms with Crippen molar-refractivity contribution in [1.82, 2.24) is 19.8 Å². The van der Waals surface area contributed by atoms with Crippen molar-refractivity contribution in [2.24, 2.45) is 10.8 Å². The third kappa shape index (κ3) is 2.88. The number of carbonyl (C=O) groups excluding carboxylic acids is 3. The number of methoxy groups -OCH3 is 2. The van der Waals surface area contributed by atoms with Crippen LogP contribution in [0.25, 0.3) is 0 Å².